The van der Waals surface area contributed by atoms with E-state index >= 15 is 0 Å². The van der Waals surface area contributed by atoms with Crippen LogP contribution in [0.15, 0.2) is 22.7 Å². The maximum Gasteiger partial charge on any atom is 0.253 e. The Morgan fingerprint density at radius 2 is 2.28 bits per heavy atom. The molecule has 3 nitrogen and oxygen atoms in total. The van der Waals surface area contributed by atoms with Crippen LogP contribution in [0.2, 0.25) is 0 Å². The molecule has 0 aliphatic carbocycles. The second kappa shape index (κ2) is 6.06. The quantitative estimate of drug-likeness (QED) is 0.821. The first kappa shape index (κ1) is 13.9. The van der Waals surface area contributed by atoms with Gasteiger partial charge in [0.05, 0.1) is 4.47 Å². The van der Waals surface area contributed by atoms with Crippen LogP contribution in [0.5, 0.6) is 5.75 Å². The molecule has 0 saturated carbocycles. The predicted molar refractivity (Wildman–Crippen MR) is 78.2 cm³/mol. The minimum Gasteiger partial charge on any atom is -0.507 e. The third kappa shape index (κ3) is 3.06. The van der Waals surface area contributed by atoms with Gasteiger partial charge in [-0.1, -0.05) is 15.9 Å². The van der Waals surface area contributed by atoms with Crippen molar-refractivity contribution in [1.82, 2.24) is 4.90 Å². The van der Waals surface area contributed by atoms with Gasteiger partial charge in [0.25, 0.3) is 5.91 Å². The van der Waals surface area contributed by atoms with Crippen molar-refractivity contribution in [2.24, 2.45) is 5.92 Å². The SMILES string of the molecule is O=C(c1ccc(Br)c(O)c1)N1CCC(CCBr)C1. The first-order valence-electron chi connectivity index (χ1n) is 5.95. The van der Waals surface area contributed by atoms with Crippen LogP contribution in [0, 0.1) is 5.92 Å². The molecule has 98 valence electrons. The Labute approximate surface area is 123 Å². The summed E-state index contributed by atoms with van der Waals surface area (Å²) in [5.41, 5.74) is 0.551. The number of hydrogen-bond acceptors (Lipinski definition) is 2. The number of nitrogens with zero attached hydrogens (tertiary/aromatic N) is 1. The highest BCUT2D eigenvalue weighted by molar-refractivity contribution is 9.10. The summed E-state index contributed by atoms with van der Waals surface area (Å²) in [5, 5.41) is 10.6. The van der Waals surface area contributed by atoms with E-state index in [0.717, 1.165) is 31.3 Å². The van der Waals surface area contributed by atoms with Gasteiger partial charge in [-0.3, -0.25) is 4.79 Å². The molecule has 1 unspecified atom stereocenters. The van der Waals surface area contributed by atoms with Gasteiger partial charge in [-0.05, 0) is 52.9 Å². The summed E-state index contributed by atoms with van der Waals surface area (Å²) in [6, 6.07) is 4.96. The van der Waals surface area contributed by atoms with Crippen molar-refractivity contribution in [2.75, 3.05) is 18.4 Å². The summed E-state index contributed by atoms with van der Waals surface area (Å²) in [7, 11) is 0. The number of alkyl halides is 1. The van der Waals surface area contributed by atoms with Gasteiger partial charge in [-0.15, -0.1) is 0 Å². The number of phenolic OH excluding ortho intramolecular Hbond substituents is 1. The molecule has 2 rings (SSSR count). The average molecular weight is 377 g/mol. The molecule has 0 radical (unpaired) electrons. The molecule has 1 aliphatic heterocycles. The van der Waals surface area contributed by atoms with Gasteiger partial charge in [-0.25, -0.2) is 0 Å². The number of phenols is 1. The van der Waals surface area contributed by atoms with E-state index in [2.05, 4.69) is 31.9 Å². The van der Waals surface area contributed by atoms with Crippen LogP contribution in [-0.4, -0.2) is 34.3 Å². The van der Waals surface area contributed by atoms with Gasteiger partial charge < -0.3 is 10.0 Å². The molecule has 0 spiro atoms. The fourth-order valence-corrected chi connectivity index (χ4v) is 3.13. The van der Waals surface area contributed by atoms with Gasteiger partial charge in [0.2, 0.25) is 0 Å². The van der Waals surface area contributed by atoms with Crippen LogP contribution in [0.3, 0.4) is 0 Å². The lowest BCUT2D eigenvalue weighted by Crippen LogP contribution is -2.28. The molecule has 1 fully saturated rings. The first-order valence-corrected chi connectivity index (χ1v) is 7.87. The summed E-state index contributed by atoms with van der Waals surface area (Å²) in [6.45, 7) is 1.63. The lowest BCUT2D eigenvalue weighted by atomic mass is 10.1. The summed E-state index contributed by atoms with van der Waals surface area (Å²) in [5.74, 6) is 0.712. The Balaban J connectivity index is 2.05. The number of benzene rings is 1. The molecule has 0 aromatic heterocycles. The maximum absolute atomic E-state index is 12.2. The molecule has 1 aromatic rings. The fraction of sp³-hybridized carbons (Fsp3) is 0.462. The van der Waals surface area contributed by atoms with Crippen molar-refractivity contribution >= 4 is 37.8 Å². The Bertz CT molecular complexity index is 451. The van der Waals surface area contributed by atoms with E-state index in [4.69, 9.17) is 0 Å². The molecule has 18 heavy (non-hydrogen) atoms. The Kier molecular flexibility index (Phi) is 4.67. The van der Waals surface area contributed by atoms with Gasteiger partial charge in [0.15, 0.2) is 0 Å². The van der Waals surface area contributed by atoms with Gasteiger partial charge >= 0.3 is 0 Å². The fourth-order valence-electron chi connectivity index (χ4n) is 2.24. The molecular weight excluding hydrogens is 362 g/mol. The van der Waals surface area contributed by atoms with Crippen molar-refractivity contribution in [3.8, 4) is 5.75 Å². The normalized spacial score (nSPS) is 19.2. The zero-order chi connectivity index (χ0) is 13.1. The zero-order valence-corrected chi connectivity index (χ0v) is 13.1. The smallest absolute Gasteiger partial charge is 0.253 e. The van der Waals surface area contributed by atoms with Crippen LogP contribution in [0.1, 0.15) is 23.2 Å². The highest BCUT2D eigenvalue weighted by atomic mass is 79.9. The molecule has 5 heteroatoms. The topological polar surface area (TPSA) is 40.5 Å². The minimum absolute atomic E-state index is 0.00914. The van der Waals surface area contributed by atoms with Gasteiger partial charge in [-0.2, -0.15) is 0 Å². The van der Waals surface area contributed by atoms with Crippen molar-refractivity contribution in [3.63, 3.8) is 0 Å². The number of amides is 1. The Morgan fingerprint density at radius 3 is 2.94 bits per heavy atom. The average Bonchev–Trinajstić information content (AvgIpc) is 2.81. The third-order valence-electron chi connectivity index (χ3n) is 3.28. The van der Waals surface area contributed by atoms with E-state index in [-0.39, 0.29) is 11.7 Å². The molecule has 1 N–H and O–H groups in total. The number of likely N-dealkylation sites (tertiary alicyclic amines) is 1. The summed E-state index contributed by atoms with van der Waals surface area (Å²) >= 11 is 6.65. The van der Waals surface area contributed by atoms with Gasteiger partial charge in [0.1, 0.15) is 5.75 Å². The Morgan fingerprint density at radius 1 is 1.50 bits per heavy atom. The monoisotopic (exact) mass is 375 g/mol. The molecule has 1 aliphatic rings. The molecular formula is C13H15Br2NO2. The highest BCUT2D eigenvalue weighted by Crippen LogP contribution is 2.27. The van der Waals surface area contributed by atoms with E-state index in [9.17, 15) is 9.90 Å². The van der Waals surface area contributed by atoms with E-state index in [1.165, 1.54) is 6.07 Å². The van der Waals surface area contributed by atoms with Crippen LogP contribution in [-0.2, 0) is 0 Å². The van der Waals surface area contributed by atoms with E-state index in [1.807, 2.05) is 4.90 Å². The van der Waals surface area contributed by atoms with Crippen LogP contribution in [0.25, 0.3) is 0 Å². The Hall–Kier alpha value is -0.550. The van der Waals surface area contributed by atoms with E-state index < -0.39 is 0 Å². The number of hydrogen-bond donors (Lipinski definition) is 1. The number of carbonyl (C=O) groups excluding carboxylic acids is 1. The van der Waals surface area contributed by atoms with E-state index in [1.54, 1.807) is 12.1 Å². The van der Waals surface area contributed by atoms with Crippen LogP contribution < -0.4 is 0 Å². The molecule has 1 aromatic carbocycles. The number of halogens is 2. The predicted octanol–water partition coefficient (Wildman–Crippen LogP) is 3.40. The first-order chi connectivity index (χ1) is 8.61. The molecule has 1 atom stereocenters. The molecule has 0 bridgehead atoms. The number of rotatable bonds is 3. The minimum atomic E-state index is 0.00914. The van der Waals surface area contributed by atoms with Crippen LogP contribution in [0.4, 0.5) is 0 Å². The number of carbonyl (C=O) groups is 1. The molecule has 1 saturated heterocycles. The van der Waals surface area contributed by atoms with E-state index in [0.29, 0.717) is 16.0 Å². The van der Waals surface area contributed by atoms with Gasteiger partial charge in [0, 0.05) is 24.0 Å². The van der Waals surface area contributed by atoms with Crippen molar-refractivity contribution in [3.05, 3.63) is 28.2 Å². The summed E-state index contributed by atoms with van der Waals surface area (Å²) in [4.78, 5) is 14.1. The molecule has 1 amide bonds. The van der Waals surface area contributed by atoms with Crippen molar-refractivity contribution in [2.45, 2.75) is 12.8 Å². The third-order valence-corrected chi connectivity index (χ3v) is 4.41. The lowest BCUT2D eigenvalue weighted by molar-refractivity contribution is 0.0786. The summed E-state index contributed by atoms with van der Waals surface area (Å²) < 4.78 is 0.609. The standard InChI is InChI=1S/C13H15Br2NO2/c14-5-3-9-4-6-16(8-9)13(18)10-1-2-11(15)12(17)7-10/h1-2,7,9,17H,3-6,8H2. The maximum atomic E-state index is 12.2. The zero-order valence-electron chi connectivity index (χ0n) is 9.90. The second-order valence-electron chi connectivity index (χ2n) is 4.55. The number of aromatic hydroxyl groups is 1. The largest absolute Gasteiger partial charge is 0.507 e. The van der Waals surface area contributed by atoms with Crippen molar-refractivity contribution in [1.29, 1.82) is 0 Å². The van der Waals surface area contributed by atoms with Crippen LogP contribution >= 0.6 is 31.9 Å². The molecule has 1 heterocycles. The van der Waals surface area contributed by atoms with Crippen molar-refractivity contribution < 1.29 is 9.90 Å². The highest BCUT2D eigenvalue weighted by Gasteiger charge is 2.26. The second-order valence-corrected chi connectivity index (χ2v) is 6.20. The summed E-state index contributed by atoms with van der Waals surface area (Å²) in [6.07, 6.45) is 2.18. The lowest BCUT2D eigenvalue weighted by Gasteiger charge is -2.16.